The molecule has 0 aliphatic rings. The molecule has 0 aromatic heterocycles. The Kier molecular flexibility index (Phi) is 4.20. The minimum absolute atomic E-state index is 0.553. The fraction of sp³-hybridized carbons (Fsp3) is 0.714. The van der Waals surface area contributed by atoms with Crippen molar-refractivity contribution in [2.24, 2.45) is 11.7 Å². The first-order chi connectivity index (χ1) is 4.59. The Balaban J connectivity index is 4.13. The van der Waals surface area contributed by atoms with Gasteiger partial charge in [-0.2, -0.15) is 0 Å². The molecule has 0 bridgehead atoms. The largest absolute Gasteiger partial charge is 0.402 e. The molecule has 2 nitrogen and oxygen atoms in total. The van der Waals surface area contributed by atoms with Crippen molar-refractivity contribution in [3.63, 3.8) is 0 Å². The van der Waals surface area contributed by atoms with Gasteiger partial charge in [0, 0.05) is 12.2 Å². The van der Waals surface area contributed by atoms with Crippen molar-refractivity contribution >= 4 is 7.98 Å². The lowest BCUT2D eigenvalue weighted by Gasteiger charge is -2.12. The van der Waals surface area contributed by atoms with Crippen molar-refractivity contribution in [2.45, 2.75) is 20.8 Å². The zero-order chi connectivity index (χ0) is 8.15. The third kappa shape index (κ3) is 2.92. The summed E-state index contributed by atoms with van der Waals surface area (Å²) in [6.07, 6.45) is 0. The van der Waals surface area contributed by atoms with E-state index in [0.717, 1.165) is 12.2 Å². The van der Waals surface area contributed by atoms with Crippen LogP contribution in [0, 0.1) is 5.92 Å². The van der Waals surface area contributed by atoms with Gasteiger partial charge in [-0.3, -0.25) is 0 Å². The summed E-state index contributed by atoms with van der Waals surface area (Å²) in [7, 11) is 1.94. The van der Waals surface area contributed by atoms with Crippen LogP contribution in [0.2, 0.25) is 0 Å². The lowest BCUT2D eigenvalue weighted by Crippen LogP contribution is -2.18. The van der Waals surface area contributed by atoms with Gasteiger partial charge in [0.25, 0.3) is 0 Å². The first kappa shape index (κ1) is 9.56. The molecule has 0 rings (SSSR count). The molecule has 0 aliphatic carbocycles. The molecule has 0 heterocycles. The quantitative estimate of drug-likeness (QED) is 0.542. The normalized spacial score (nSPS) is 13.6. The van der Waals surface area contributed by atoms with Gasteiger partial charge in [0.15, 0.2) is 7.98 Å². The summed E-state index contributed by atoms with van der Waals surface area (Å²) in [5.41, 5.74) is 7.92. The average Bonchev–Trinajstić information content (AvgIpc) is 1.81. The van der Waals surface area contributed by atoms with Gasteiger partial charge in [-0.1, -0.05) is 13.8 Å². The van der Waals surface area contributed by atoms with Gasteiger partial charge < -0.3 is 11.0 Å². The van der Waals surface area contributed by atoms with Crippen molar-refractivity contribution in [3.8, 4) is 0 Å². The summed E-state index contributed by atoms with van der Waals surface area (Å²) >= 11 is 0. The van der Waals surface area contributed by atoms with Crippen LogP contribution in [0.5, 0.6) is 0 Å². The maximum Gasteiger partial charge on any atom is 0.182 e. The standard InChI is InChI=1S/C7H17BN2/c1-5(2)7(4-10-8)6(3)9/h5,10H,4,8-9H2,1-3H3/b7-6+. The molecule has 0 saturated carbocycles. The van der Waals surface area contributed by atoms with Crippen LogP contribution in [0.1, 0.15) is 20.8 Å². The first-order valence-electron chi connectivity index (χ1n) is 3.69. The van der Waals surface area contributed by atoms with E-state index in [4.69, 9.17) is 5.73 Å². The highest BCUT2D eigenvalue weighted by Gasteiger charge is 2.02. The predicted molar refractivity (Wildman–Crippen MR) is 48.3 cm³/mol. The summed E-state index contributed by atoms with van der Waals surface area (Å²) in [4.78, 5) is 0. The van der Waals surface area contributed by atoms with Crippen LogP contribution in [0.4, 0.5) is 0 Å². The second kappa shape index (κ2) is 4.39. The molecule has 0 saturated heterocycles. The number of allylic oxidation sites excluding steroid dienone is 1. The van der Waals surface area contributed by atoms with E-state index in [2.05, 4.69) is 19.1 Å². The van der Waals surface area contributed by atoms with Gasteiger partial charge in [0.05, 0.1) is 0 Å². The van der Waals surface area contributed by atoms with Gasteiger partial charge in [0.2, 0.25) is 0 Å². The predicted octanol–water partition coefficient (Wildman–Crippen LogP) is 0.0128. The molecular weight excluding hydrogens is 123 g/mol. The minimum atomic E-state index is 0.553. The smallest absolute Gasteiger partial charge is 0.182 e. The molecule has 0 aliphatic heterocycles. The van der Waals surface area contributed by atoms with Crippen molar-refractivity contribution in [3.05, 3.63) is 11.3 Å². The summed E-state index contributed by atoms with van der Waals surface area (Å²) in [6.45, 7) is 7.17. The Morgan fingerprint density at radius 2 is 2.10 bits per heavy atom. The zero-order valence-corrected chi connectivity index (χ0v) is 7.36. The van der Waals surface area contributed by atoms with E-state index in [9.17, 15) is 0 Å². The molecule has 0 fully saturated rings. The van der Waals surface area contributed by atoms with Crippen LogP contribution < -0.4 is 11.0 Å². The SMILES string of the molecule is BNC/C(=C(/C)N)C(C)C. The Labute approximate surface area is 64.3 Å². The molecule has 10 heavy (non-hydrogen) atoms. The molecule has 58 valence electrons. The third-order valence-electron chi connectivity index (χ3n) is 1.57. The number of hydrogen-bond donors (Lipinski definition) is 2. The molecule has 0 atom stereocenters. The Morgan fingerprint density at radius 3 is 2.20 bits per heavy atom. The summed E-state index contributed by atoms with van der Waals surface area (Å²) in [6, 6.07) is 0. The molecule has 0 unspecified atom stereocenters. The van der Waals surface area contributed by atoms with E-state index >= 15 is 0 Å². The lowest BCUT2D eigenvalue weighted by molar-refractivity contribution is 0.718. The van der Waals surface area contributed by atoms with Crippen LogP contribution in [-0.2, 0) is 0 Å². The third-order valence-corrected chi connectivity index (χ3v) is 1.57. The highest BCUT2D eigenvalue weighted by Crippen LogP contribution is 2.09. The van der Waals surface area contributed by atoms with Crippen LogP contribution in [-0.4, -0.2) is 14.5 Å². The highest BCUT2D eigenvalue weighted by molar-refractivity contribution is 6.04. The summed E-state index contributed by atoms with van der Waals surface area (Å²) < 4.78 is 0. The van der Waals surface area contributed by atoms with Crippen LogP contribution >= 0.6 is 0 Å². The van der Waals surface area contributed by atoms with E-state index in [-0.39, 0.29) is 0 Å². The van der Waals surface area contributed by atoms with E-state index in [0.29, 0.717) is 5.92 Å². The number of nitrogens with two attached hydrogens (primary N) is 1. The van der Waals surface area contributed by atoms with Crippen molar-refractivity contribution in [1.29, 1.82) is 0 Å². The van der Waals surface area contributed by atoms with E-state index in [1.165, 1.54) is 5.57 Å². The van der Waals surface area contributed by atoms with E-state index < -0.39 is 0 Å². The molecule has 3 N–H and O–H groups in total. The van der Waals surface area contributed by atoms with Gasteiger partial charge in [-0.25, -0.2) is 0 Å². The minimum Gasteiger partial charge on any atom is -0.402 e. The van der Waals surface area contributed by atoms with Gasteiger partial charge in [0.1, 0.15) is 0 Å². The van der Waals surface area contributed by atoms with E-state index in [1.54, 1.807) is 0 Å². The van der Waals surface area contributed by atoms with Crippen LogP contribution in [0.15, 0.2) is 11.3 Å². The molecular formula is C7H17BN2. The van der Waals surface area contributed by atoms with Gasteiger partial charge in [-0.15, -0.1) is 0 Å². The monoisotopic (exact) mass is 140 g/mol. The van der Waals surface area contributed by atoms with Crippen molar-refractivity contribution < 1.29 is 0 Å². The van der Waals surface area contributed by atoms with Crippen LogP contribution in [0.3, 0.4) is 0 Å². The fourth-order valence-corrected chi connectivity index (χ4v) is 0.989. The molecule has 0 amide bonds. The maximum absolute atomic E-state index is 5.66. The number of hydrogen-bond acceptors (Lipinski definition) is 2. The molecule has 0 aromatic carbocycles. The van der Waals surface area contributed by atoms with Gasteiger partial charge >= 0.3 is 0 Å². The first-order valence-corrected chi connectivity index (χ1v) is 3.69. The zero-order valence-electron chi connectivity index (χ0n) is 7.36. The molecule has 0 spiro atoms. The second-order valence-electron chi connectivity index (χ2n) is 2.89. The summed E-state index contributed by atoms with van der Waals surface area (Å²) in [5.74, 6) is 0.553. The molecule has 0 radical (unpaired) electrons. The average molecular weight is 140 g/mol. The second-order valence-corrected chi connectivity index (χ2v) is 2.89. The van der Waals surface area contributed by atoms with Crippen LogP contribution in [0.25, 0.3) is 0 Å². The number of rotatable bonds is 3. The maximum atomic E-state index is 5.66. The Hall–Kier alpha value is -0.435. The van der Waals surface area contributed by atoms with Crippen molar-refractivity contribution in [2.75, 3.05) is 6.54 Å². The van der Waals surface area contributed by atoms with Gasteiger partial charge in [-0.05, 0) is 18.4 Å². The lowest BCUT2D eigenvalue weighted by atomic mass is 10.0. The van der Waals surface area contributed by atoms with E-state index in [1.807, 2.05) is 14.9 Å². The highest BCUT2D eigenvalue weighted by atomic mass is 14.7. The summed E-state index contributed by atoms with van der Waals surface area (Å²) in [5, 5.41) is 3.09. The Morgan fingerprint density at radius 1 is 1.60 bits per heavy atom. The Bertz CT molecular complexity index is 126. The number of nitrogens with one attached hydrogen (secondary N) is 1. The fourth-order valence-electron chi connectivity index (χ4n) is 0.989. The van der Waals surface area contributed by atoms with Crippen molar-refractivity contribution in [1.82, 2.24) is 5.23 Å². The molecule has 3 heteroatoms. The molecule has 0 aromatic rings. The topological polar surface area (TPSA) is 38.0 Å².